The maximum atomic E-state index is 10.6. The number of hydrogen-bond acceptors (Lipinski definition) is 3. The van der Waals surface area contributed by atoms with Gasteiger partial charge in [-0.15, -0.1) is 0 Å². The van der Waals surface area contributed by atoms with E-state index in [2.05, 4.69) is 17.1 Å². The van der Waals surface area contributed by atoms with E-state index >= 15 is 0 Å². The molecule has 1 aromatic rings. The number of benzene rings is 1. The zero-order valence-electron chi connectivity index (χ0n) is 10.6. The summed E-state index contributed by atoms with van der Waals surface area (Å²) in [6.07, 6.45) is 2.38. The van der Waals surface area contributed by atoms with Crippen molar-refractivity contribution in [3.05, 3.63) is 53.4 Å². The Morgan fingerprint density at radius 1 is 1.33 bits per heavy atom. The Kier molecular flexibility index (Phi) is 4.11. The van der Waals surface area contributed by atoms with Crippen molar-refractivity contribution in [3.8, 4) is 0 Å². The normalized spacial score (nSPS) is 14.9. The highest BCUT2D eigenvalue weighted by molar-refractivity contribution is 5.93. The molecule has 7 heteroatoms. The van der Waals surface area contributed by atoms with Gasteiger partial charge in [0.15, 0.2) is 0 Å². The molecule has 0 radical (unpaired) electrons. The van der Waals surface area contributed by atoms with E-state index in [4.69, 9.17) is 14.6 Å². The Morgan fingerprint density at radius 2 is 2.05 bits per heavy atom. The van der Waals surface area contributed by atoms with Crippen LogP contribution >= 0.6 is 0 Å². The molecule has 0 aromatic heterocycles. The van der Waals surface area contributed by atoms with Crippen molar-refractivity contribution >= 4 is 17.8 Å². The molecular weight excluding hydrogens is 287 g/mol. The van der Waals surface area contributed by atoms with Gasteiger partial charge in [-0.3, -0.25) is 4.99 Å². The topological polar surface area (TPSA) is 58.9 Å². The van der Waals surface area contributed by atoms with Gasteiger partial charge < -0.3 is 9.84 Å². The molecule has 21 heavy (non-hydrogen) atoms. The van der Waals surface area contributed by atoms with Gasteiger partial charge >= 0.3 is 12.1 Å². The average Bonchev–Trinajstić information content (AvgIpc) is 2.63. The third kappa shape index (κ3) is 3.50. The molecule has 0 fully saturated rings. The standard InChI is InChI=1S/C12H9NO.C2HF3O2/c1-2-9-6-13-5-4-11-8-14-7-10(3-1)12(9)11;3-2(4,5)1(6)7/h1-6,8H,7H2;(H,6,7). The number of carbonyl (C=O) groups is 1. The fraction of sp³-hybridized carbons (Fsp3) is 0.143. The van der Waals surface area contributed by atoms with Crippen LogP contribution in [0, 0.1) is 0 Å². The predicted molar refractivity (Wildman–Crippen MR) is 69.6 cm³/mol. The van der Waals surface area contributed by atoms with Crippen molar-refractivity contribution in [3.63, 3.8) is 0 Å². The van der Waals surface area contributed by atoms with Gasteiger partial charge in [0, 0.05) is 29.1 Å². The molecule has 0 atom stereocenters. The van der Waals surface area contributed by atoms with Gasteiger partial charge in [-0.05, 0) is 11.6 Å². The van der Waals surface area contributed by atoms with Crippen molar-refractivity contribution in [1.82, 2.24) is 0 Å². The molecule has 110 valence electrons. The number of ether oxygens (including phenoxy) is 1. The van der Waals surface area contributed by atoms with Crippen LogP contribution in [0.5, 0.6) is 0 Å². The Hall–Kier alpha value is -2.57. The van der Waals surface area contributed by atoms with Crippen molar-refractivity contribution in [2.75, 3.05) is 0 Å². The number of allylic oxidation sites excluding steroid dienone is 2. The number of alkyl halides is 3. The Morgan fingerprint density at radius 3 is 2.71 bits per heavy atom. The molecule has 4 nitrogen and oxygen atoms in total. The minimum atomic E-state index is -5.08. The second kappa shape index (κ2) is 5.82. The van der Waals surface area contributed by atoms with Crippen LogP contribution in [-0.4, -0.2) is 23.5 Å². The van der Waals surface area contributed by atoms with Gasteiger partial charge in [0.25, 0.3) is 0 Å². The average molecular weight is 297 g/mol. The molecule has 2 aliphatic heterocycles. The Balaban J connectivity index is 0.000000199. The molecular formula is C14H10F3NO3. The highest BCUT2D eigenvalue weighted by Gasteiger charge is 2.38. The van der Waals surface area contributed by atoms with Crippen LogP contribution in [0.15, 0.2) is 41.7 Å². The third-order valence-electron chi connectivity index (χ3n) is 2.72. The molecule has 3 rings (SSSR count). The van der Waals surface area contributed by atoms with E-state index in [1.54, 1.807) is 12.5 Å². The van der Waals surface area contributed by atoms with Gasteiger partial charge in [-0.2, -0.15) is 13.2 Å². The lowest BCUT2D eigenvalue weighted by atomic mass is 9.95. The molecule has 0 aliphatic carbocycles. The number of aliphatic imine (C=N–C) groups is 1. The van der Waals surface area contributed by atoms with Gasteiger partial charge in [-0.1, -0.05) is 18.2 Å². The first-order valence-corrected chi connectivity index (χ1v) is 5.83. The SMILES string of the molecule is C1=CC2=COCc3cccc(c32)C=N1.O=C(O)C(F)(F)F. The molecule has 0 amide bonds. The highest BCUT2D eigenvalue weighted by atomic mass is 19.4. The molecule has 0 bridgehead atoms. The number of nitrogens with zero attached hydrogens (tertiary/aromatic N) is 1. The number of hydrogen-bond donors (Lipinski definition) is 1. The number of halogens is 3. The van der Waals surface area contributed by atoms with E-state index in [1.165, 1.54) is 16.7 Å². The van der Waals surface area contributed by atoms with Gasteiger partial charge in [-0.25, -0.2) is 4.79 Å². The van der Waals surface area contributed by atoms with Gasteiger partial charge in [0.05, 0.1) is 6.26 Å². The number of rotatable bonds is 0. The van der Waals surface area contributed by atoms with Crippen LogP contribution < -0.4 is 0 Å². The van der Waals surface area contributed by atoms with Crippen LogP contribution in [0.3, 0.4) is 0 Å². The summed E-state index contributed by atoms with van der Waals surface area (Å²) in [4.78, 5) is 13.1. The third-order valence-corrected chi connectivity index (χ3v) is 2.72. The first kappa shape index (κ1) is 14.8. The molecule has 2 aliphatic rings. The summed E-state index contributed by atoms with van der Waals surface area (Å²) in [5.74, 6) is -2.76. The smallest absolute Gasteiger partial charge is 0.490 e. The lowest BCUT2D eigenvalue weighted by Gasteiger charge is -2.17. The summed E-state index contributed by atoms with van der Waals surface area (Å²) < 4.78 is 37.1. The van der Waals surface area contributed by atoms with Gasteiger partial charge in [0.2, 0.25) is 0 Å². The molecule has 0 spiro atoms. The monoisotopic (exact) mass is 297 g/mol. The molecule has 1 N–H and O–H groups in total. The summed E-state index contributed by atoms with van der Waals surface area (Å²) in [6.45, 7) is 0.661. The summed E-state index contributed by atoms with van der Waals surface area (Å²) in [5.41, 5.74) is 4.77. The van der Waals surface area contributed by atoms with E-state index in [0.717, 1.165) is 5.57 Å². The minimum absolute atomic E-state index is 0.661. The summed E-state index contributed by atoms with van der Waals surface area (Å²) in [5, 5.41) is 7.12. The summed E-state index contributed by atoms with van der Waals surface area (Å²) in [6, 6.07) is 6.21. The van der Waals surface area contributed by atoms with Crippen molar-refractivity contribution in [2.24, 2.45) is 4.99 Å². The number of carboxylic acids is 1. The van der Waals surface area contributed by atoms with E-state index in [9.17, 15) is 13.2 Å². The zero-order valence-corrected chi connectivity index (χ0v) is 10.6. The van der Waals surface area contributed by atoms with Crippen LogP contribution in [0.25, 0.3) is 5.57 Å². The number of carboxylic acid groups (broad SMARTS) is 1. The van der Waals surface area contributed by atoms with E-state index in [-0.39, 0.29) is 0 Å². The van der Waals surface area contributed by atoms with Crippen LogP contribution in [0.2, 0.25) is 0 Å². The Bertz CT molecular complexity index is 645. The van der Waals surface area contributed by atoms with Gasteiger partial charge in [0.1, 0.15) is 6.61 Å². The lowest BCUT2D eigenvalue weighted by molar-refractivity contribution is -0.192. The first-order chi connectivity index (χ1) is 9.89. The maximum absolute atomic E-state index is 10.6. The van der Waals surface area contributed by atoms with Crippen molar-refractivity contribution in [2.45, 2.75) is 12.8 Å². The van der Waals surface area contributed by atoms with E-state index in [1.807, 2.05) is 18.4 Å². The highest BCUT2D eigenvalue weighted by Crippen LogP contribution is 2.29. The molecule has 2 heterocycles. The fourth-order valence-electron chi connectivity index (χ4n) is 1.85. The fourth-order valence-corrected chi connectivity index (χ4v) is 1.85. The summed E-state index contributed by atoms with van der Waals surface area (Å²) in [7, 11) is 0. The molecule has 0 saturated carbocycles. The predicted octanol–water partition coefficient (Wildman–Crippen LogP) is 3.14. The van der Waals surface area contributed by atoms with Crippen molar-refractivity contribution < 1.29 is 27.8 Å². The number of aliphatic carboxylic acids is 1. The maximum Gasteiger partial charge on any atom is 0.490 e. The second-order valence-electron chi connectivity index (χ2n) is 4.16. The molecule has 0 saturated heterocycles. The van der Waals surface area contributed by atoms with Crippen molar-refractivity contribution in [1.29, 1.82) is 0 Å². The van der Waals surface area contributed by atoms with Crippen LogP contribution in [-0.2, 0) is 16.1 Å². The lowest BCUT2D eigenvalue weighted by Crippen LogP contribution is -2.21. The largest absolute Gasteiger partial charge is 0.496 e. The Labute approximate surface area is 117 Å². The zero-order chi connectivity index (χ0) is 15.5. The molecule has 1 aromatic carbocycles. The van der Waals surface area contributed by atoms with Crippen LogP contribution in [0.1, 0.15) is 16.7 Å². The van der Waals surface area contributed by atoms with E-state index < -0.39 is 12.1 Å². The second-order valence-corrected chi connectivity index (χ2v) is 4.16. The summed E-state index contributed by atoms with van der Waals surface area (Å²) >= 11 is 0. The molecule has 0 unspecified atom stereocenters. The van der Waals surface area contributed by atoms with E-state index in [0.29, 0.717) is 6.61 Å². The quantitative estimate of drug-likeness (QED) is 0.800. The minimum Gasteiger partial charge on any atom is -0.496 e. The first-order valence-electron chi connectivity index (χ1n) is 5.83. The van der Waals surface area contributed by atoms with Crippen LogP contribution in [0.4, 0.5) is 13.2 Å².